The van der Waals surface area contributed by atoms with E-state index in [2.05, 4.69) is 6.92 Å². The zero-order chi connectivity index (χ0) is 17.6. The predicted molar refractivity (Wildman–Crippen MR) is 88.7 cm³/mol. The zero-order valence-corrected chi connectivity index (χ0v) is 15.1. The van der Waals surface area contributed by atoms with Crippen LogP contribution >= 0.6 is 0 Å². The van der Waals surface area contributed by atoms with Crippen molar-refractivity contribution in [2.75, 3.05) is 6.54 Å². The summed E-state index contributed by atoms with van der Waals surface area (Å²) in [5.74, 6) is 0. The third-order valence-electron chi connectivity index (χ3n) is 3.88. The number of hydrogen-bond acceptors (Lipinski definition) is 2. The van der Waals surface area contributed by atoms with E-state index in [0.717, 1.165) is 25.7 Å². The van der Waals surface area contributed by atoms with E-state index in [0.29, 0.717) is 6.42 Å². The van der Waals surface area contributed by atoms with Crippen LogP contribution in [0, 0.1) is 0 Å². The van der Waals surface area contributed by atoms with Crippen molar-refractivity contribution in [1.29, 1.82) is 0 Å². The average molecular weight is 359 g/mol. The Morgan fingerprint density at radius 3 is 1.39 bits per heavy atom. The molecule has 0 rings (SSSR count). The van der Waals surface area contributed by atoms with Gasteiger partial charge in [0.15, 0.2) is 0 Å². The van der Waals surface area contributed by atoms with Gasteiger partial charge in [-0.3, -0.25) is 0 Å². The van der Waals surface area contributed by atoms with Crippen LogP contribution < -0.4 is 4.72 Å². The molecule has 0 unspecified atom stereocenters. The molecule has 23 heavy (non-hydrogen) atoms. The van der Waals surface area contributed by atoms with E-state index in [1.54, 1.807) is 4.72 Å². The van der Waals surface area contributed by atoms with E-state index >= 15 is 0 Å². The topological polar surface area (TPSA) is 46.2 Å². The van der Waals surface area contributed by atoms with E-state index in [1.165, 1.54) is 51.4 Å². The number of unbranched alkanes of at least 4 members (excludes halogenated alkanes) is 12. The van der Waals surface area contributed by atoms with Gasteiger partial charge in [-0.15, -0.1) is 0 Å². The van der Waals surface area contributed by atoms with Gasteiger partial charge in [0.05, 0.1) is 0 Å². The molecule has 7 heteroatoms. The molecule has 0 aromatic heterocycles. The Morgan fingerprint density at radius 1 is 0.696 bits per heavy atom. The van der Waals surface area contributed by atoms with Crippen molar-refractivity contribution in [3.05, 3.63) is 0 Å². The van der Waals surface area contributed by atoms with Gasteiger partial charge in [0.25, 0.3) is 0 Å². The van der Waals surface area contributed by atoms with Gasteiger partial charge in [0.1, 0.15) is 0 Å². The maximum absolute atomic E-state index is 12.0. The predicted octanol–water partition coefficient (Wildman–Crippen LogP) is 5.52. The maximum atomic E-state index is 12.0. The first kappa shape index (κ1) is 22.7. The highest BCUT2D eigenvalue weighted by atomic mass is 32.2. The number of rotatable bonds is 15. The normalized spacial score (nSPS) is 12.7. The van der Waals surface area contributed by atoms with Crippen molar-refractivity contribution in [1.82, 2.24) is 4.72 Å². The Labute approximate surface area is 139 Å². The van der Waals surface area contributed by atoms with Crippen LogP contribution in [-0.4, -0.2) is 20.5 Å². The molecule has 0 aromatic rings. The summed E-state index contributed by atoms with van der Waals surface area (Å²) in [5, 5.41) is 0. The van der Waals surface area contributed by atoms with Crippen molar-refractivity contribution in [3.63, 3.8) is 0 Å². The fraction of sp³-hybridized carbons (Fsp3) is 1.00. The quantitative estimate of drug-likeness (QED) is 0.392. The van der Waals surface area contributed by atoms with Crippen molar-refractivity contribution in [2.24, 2.45) is 0 Å². The van der Waals surface area contributed by atoms with E-state index in [-0.39, 0.29) is 6.54 Å². The van der Waals surface area contributed by atoms with Crippen LogP contribution in [0.1, 0.15) is 90.4 Å². The van der Waals surface area contributed by atoms with Gasteiger partial charge >= 0.3 is 15.5 Å². The van der Waals surface area contributed by atoms with Crippen LogP contribution in [0.25, 0.3) is 0 Å². The molecule has 0 aromatic carbocycles. The van der Waals surface area contributed by atoms with Crippen LogP contribution in [0.2, 0.25) is 0 Å². The van der Waals surface area contributed by atoms with Gasteiger partial charge in [-0.1, -0.05) is 84.0 Å². The van der Waals surface area contributed by atoms with Crippen LogP contribution in [-0.2, 0) is 10.0 Å². The molecule has 0 saturated carbocycles. The highest BCUT2D eigenvalue weighted by Crippen LogP contribution is 2.21. The van der Waals surface area contributed by atoms with E-state index < -0.39 is 15.5 Å². The van der Waals surface area contributed by atoms with Gasteiger partial charge < -0.3 is 0 Å². The standard InChI is InChI=1S/C16H32F3NO2S/c1-2-3-4-5-6-7-8-9-10-11-12-13-14-15-20-23(21,22)16(17,18)19/h20H,2-15H2,1H3. The SMILES string of the molecule is CCCCCCCCCCCCCCCNS(=O)(=O)C(F)(F)F. The molecule has 0 heterocycles. The van der Waals surface area contributed by atoms with Gasteiger partial charge in [-0.05, 0) is 6.42 Å². The maximum Gasteiger partial charge on any atom is 0.511 e. The Hall–Kier alpha value is -0.300. The van der Waals surface area contributed by atoms with Gasteiger partial charge in [0, 0.05) is 6.54 Å². The Morgan fingerprint density at radius 2 is 1.04 bits per heavy atom. The number of halogens is 3. The Bertz CT molecular complexity index is 370. The van der Waals surface area contributed by atoms with Crippen molar-refractivity contribution in [2.45, 2.75) is 95.9 Å². The third-order valence-corrected chi connectivity index (χ3v) is 5.07. The lowest BCUT2D eigenvalue weighted by molar-refractivity contribution is -0.0447. The molecule has 0 bridgehead atoms. The zero-order valence-electron chi connectivity index (χ0n) is 14.3. The highest BCUT2D eigenvalue weighted by molar-refractivity contribution is 7.90. The summed E-state index contributed by atoms with van der Waals surface area (Å²) in [4.78, 5) is 0. The fourth-order valence-corrected chi connectivity index (χ4v) is 3.01. The first-order valence-corrected chi connectivity index (χ1v) is 10.4. The number of nitrogens with one attached hydrogen (secondary N) is 1. The van der Waals surface area contributed by atoms with Gasteiger partial charge in [0.2, 0.25) is 0 Å². The van der Waals surface area contributed by atoms with Crippen LogP contribution in [0.3, 0.4) is 0 Å². The summed E-state index contributed by atoms with van der Waals surface area (Å²) >= 11 is 0. The fourth-order valence-electron chi connectivity index (χ4n) is 2.43. The Balaban J connectivity index is 3.29. The highest BCUT2D eigenvalue weighted by Gasteiger charge is 2.45. The molecule has 1 N–H and O–H groups in total. The van der Waals surface area contributed by atoms with Crippen LogP contribution in [0.15, 0.2) is 0 Å². The summed E-state index contributed by atoms with van der Waals surface area (Å²) in [6, 6.07) is 0. The van der Waals surface area contributed by atoms with Gasteiger partial charge in [-0.2, -0.15) is 13.2 Å². The van der Waals surface area contributed by atoms with Crippen molar-refractivity contribution in [3.8, 4) is 0 Å². The summed E-state index contributed by atoms with van der Waals surface area (Å²) in [7, 11) is -5.16. The molecule has 0 aliphatic heterocycles. The summed E-state index contributed by atoms with van der Waals surface area (Å²) < 4.78 is 59.2. The number of hydrogen-bond donors (Lipinski definition) is 1. The monoisotopic (exact) mass is 359 g/mol. The first-order valence-electron chi connectivity index (χ1n) is 8.87. The molecule has 0 radical (unpaired) electrons. The summed E-state index contributed by atoms with van der Waals surface area (Å²) in [5.41, 5.74) is -5.20. The van der Waals surface area contributed by atoms with Crippen molar-refractivity contribution < 1.29 is 21.6 Å². The lowest BCUT2D eigenvalue weighted by Gasteiger charge is -2.09. The van der Waals surface area contributed by atoms with Crippen LogP contribution in [0.4, 0.5) is 13.2 Å². The molecule has 0 atom stereocenters. The molecular weight excluding hydrogens is 327 g/mol. The number of sulfonamides is 1. The average Bonchev–Trinajstić information content (AvgIpc) is 2.46. The molecular formula is C16H32F3NO2S. The van der Waals surface area contributed by atoms with Crippen molar-refractivity contribution >= 4 is 10.0 Å². The molecule has 140 valence electrons. The van der Waals surface area contributed by atoms with E-state index in [4.69, 9.17) is 0 Å². The Kier molecular flexibility index (Phi) is 12.9. The minimum atomic E-state index is -5.20. The largest absolute Gasteiger partial charge is 0.511 e. The lowest BCUT2D eigenvalue weighted by atomic mass is 10.0. The van der Waals surface area contributed by atoms with Crippen LogP contribution in [0.5, 0.6) is 0 Å². The van der Waals surface area contributed by atoms with Gasteiger partial charge in [-0.25, -0.2) is 13.1 Å². The lowest BCUT2D eigenvalue weighted by Crippen LogP contribution is -2.36. The second kappa shape index (κ2) is 13.0. The minimum Gasteiger partial charge on any atom is -0.207 e. The number of alkyl halides is 3. The molecule has 0 aliphatic carbocycles. The molecule has 3 nitrogen and oxygen atoms in total. The smallest absolute Gasteiger partial charge is 0.207 e. The molecule has 0 saturated heterocycles. The molecule has 0 spiro atoms. The molecule has 0 aliphatic rings. The first-order chi connectivity index (χ1) is 10.8. The second-order valence-electron chi connectivity index (χ2n) is 6.09. The second-order valence-corrected chi connectivity index (χ2v) is 7.84. The summed E-state index contributed by atoms with van der Waals surface area (Å²) in [6.07, 6.45) is 14.8. The molecule has 0 amide bonds. The van der Waals surface area contributed by atoms with E-state index in [1.807, 2.05) is 0 Å². The minimum absolute atomic E-state index is 0.139. The third kappa shape index (κ3) is 12.8. The van der Waals surface area contributed by atoms with E-state index in [9.17, 15) is 21.6 Å². The summed E-state index contributed by atoms with van der Waals surface area (Å²) in [6.45, 7) is 2.07. The molecule has 0 fully saturated rings.